The molecule has 1 fully saturated rings. The van der Waals surface area contributed by atoms with E-state index in [0.717, 1.165) is 27.8 Å². The molecule has 0 bridgehead atoms. The molecule has 0 spiro atoms. The SMILES string of the molecule is O=C1C(=Cc2cn(CCOc3ccccc3)c3ccccc23)SC(=S)N1Cc1ccccc1. The van der Waals surface area contributed by atoms with Gasteiger partial charge in [0.15, 0.2) is 0 Å². The van der Waals surface area contributed by atoms with Crippen LogP contribution in [0.3, 0.4) is 0 Å². The minimum absolute atomic E-state index is 0.0434. The minimum Gasteiger partial charge on any atom is -0.492 e. The van der Waals surface area contributed by atoms with Crippen LogP contribution in [-0.4, -0.2) is 26.3 Å². The fourth-order valence-electron chi connectivity index (χ4n) is 3.90. The Bertz CT molecular complexity index is 1330. The Kier molecular flexibility index (Phi) is 6.28. The van der Waals surface area contributed by atoms with Crippen LogP contribution in [0.4, 0.5) is 0 Å². The zero-order valence-electron chi connectivity index (χ0n) is 17.9. The van der Waals surface area contributed by atoms with Gasteiger partial charge < -0.3 is 9.30 Å². The molecule has 33 heavy (non-hydrogen) atoms. The summed E-state index contributed by atoms with van der Waals surface area (Å²) in [7, 11) is 0. The van der Waals surface area contributed by atoms with Crippen LogP contribution < -0.4 is 4.74 Å². The number of ether oxygens (including phenoxy) is 1. The number of carbonyl (C=O) groups is 1. The monoisotopic (exact) mass is 470 g/mol. The number of benzene rings is 3. The highest BCUT2D eigenvalue weighted by Crippen LogP contribution is 2.35. The summed E-state index contributed by atoms with van der Waals surface area (Å²) >= 11 is 6.88. The molecule has 1 aromatic heterocycles. The lowest BCUT2D eigenvalue weighted by Gasteiger charge is -2.14. The summed E-state index contributed by atoms with van der Waals surface area (Å²) < 4.78 is 8.65. The summed E-state index contributed by atoms with van der Waals surface area (Å²) in [6, 6.07) is 28.0. The highest BCUT2D eigenvalue weighted by Gasteiger charge is 2.32. The van der Waals surface area contributed by atoms with Crippen molar-refractivity contribution in [2.45, 2.75) is 13.1 Å². The van der Waals surface area contributed by atoms with E-state index in [1.807, 2.05) is 78.9 Å². The van der Waals surface area contributed by atoms with E-state index in [9.17, 15) is 4.79 Å². The van der Waals surface area contributed by atoms with Crippen LogP contribution in [0.2, 0.25) is 0 Å². The normalized spacial score (nSPS) is 15.0. The third-order valence-corrected chi connectivity index (χ3v) is 6.89. The number of amides is 1. The standard InChI is InChI=1S/C27H22N2O2S2/c30-26-25(33-27(32)29(26)18-20-9-3-1-4-10-20)17-21-19-28(24-14-8-7-13-23(21)24)15-16-31-22-11-5-2-6-12-22/h1-14,17,19H,15-16,18H2. The number of thiocarbonyl (C=S) groups is 1. The molecule has 0 N–H and O–H groups in total. The molecule has 164 valence electrons. The molecule has 1 aliphatic rings. The fourth-order valence-corrected chi connectivity index (χ4v) is 5.14. The summed E-state index contributed by atoms with van der Waals surface area (Å²) in [4.78, 5) is 15.4. The molecule has 1 aliphatic heterocycles. The van der Waals surface area contributed by atoms with Crippen molar-refractivity contribution in [2.24, 2.45) is 0 Å². The van der Waals surface area contributed by atoms with Crippen LogP contribution in [-0.2, 0) is 17.9 Å². The molecule has 6 heteroatoms. The van der Waals surface area contributed by atoms with Gasteiger partial charge in [-0.2, -0.15) is 0 Å². The Balaban J connectivity index is 1.37. The highest BCUT2D eigenvalue weighted by molar-refractivity contribution is 8.26. The molecule has 0 unspecified atom stereocenters. The predicted molar refractivity (Wildman–Crippen MR) is 139 cm³/mol. The molecule has 2 heterocycles. The van der Waals surface area contributed by atoms with Crippen molar-refractivity contribution in [3.63, 3.8) is 0 Å². The van der Waals surface area contributed by atoms with E-state index >= 15 is 0 Å². The van der Waals surface area contributed by atoms with E-state index in [1.54, 1.807) is 4.90 Å². The molecule has 4 aromatic rings. The lowest BCUT2D eigenvalue weighted by Crippen LogP contribution is -2.27. The van der Waals surface area contributed by atoms with Gasteiger partial charge in [-0.1, -0.05) is 90.7 Å². The Morgan fingerprint density at radius 2 is 1.61 bits per heavy atom. The van der Waals surface area contributed by atoms with Gasteiger partial charge in [0.05, 0.1) is 18.0 Å². The smallest absolute Gasteiger partial charge is 0.266 e. The van der Waals surface area contributed by atoms with Crippen LogP contribution in [0, 0.1) is 0 Å². The van der Waals surface area contributed by atoms with Crippen LogP contribution in [0.25, 0.3) is 17.0 Å². The van der Waals surface area contributed by atoms with Gasteiger partial charge in [-0.3, -0.25) is 9.69 Å². The number of hydrogen-bond donors (Lipinski definition) is 0. The van der Waals surface area contributed by atoms with Crippen molar-refractivity contribution < 1.29 is 9.53 Å². The summed E-state index contributed by atoms with van der Waals surface area (Å²) in [5.74, 6) is 0.814. The molecule has 5 rings (SSSR count). The number of carbonyl (C=O) groups excluding carboxylic acids is 1. The highest BCUT2D eigenvalue weighted by atomic mass is 32.2. The van der Waals surface area contributed by atoms with Gasteiger partial charge >= 0.3 is 0 Å². The second-order valence-electron chi connectivity index (χ2n) is 7.71. The molecule has 3 aromatic carbocycles. The van der Waals surface area contributed by atoms with Crippen molar-refractivity contribution in [1.82, 2.24) is 9.47 Å². The Labute approximate surface area is 202 Å². The maximum absolute atomic E-state index is 13.1. The summed E-state index contributed by atoms with van der Waals surface area (Å²) in [5, 5.41) is 1.10. The van der Waals surface area contributed by atoms with E-state index in [-0.39, 0.29) is 5.91 Å². The fraction of sp³-hybridized carbons (Fsp3) is 0.111. The molecule has 0 aliphatic carbocycles. The second kappa shape index (κ2) is 9.65. The first-order valence-electron chi connectivity index (χ1n) is 10.7. The summed E-state index contributed by atoms with van der Waals surface area (Å²) in [6.07, 6.45) is 4.05. The first-order valence-corrected chi connectivity index (χ1v) is 12.0. The third kappa shape index (κ3) is 4.72. The number of fused-ring (bicyclic) bond motifs is 1. The van der Waals surface area contributed by atoms with Crippen molar-refractivity contribution in [3.8, 4) is 5.75 Å². The molecule has 0 atom stereocenters. The molecule has 1 saturated heterocycles. The number of para-hydroxylation sites is 2. The van der Waals surface area contributed by atoms with Crippen LogP contribution in [0.15, 0.2) is 96.0 Å². The maximum atomic E-state index is 13.1. The first kappa shape index (κ1) is 21.5. The number of rotatable bonds is 7. The predicted octanol–water partition coefficient (Wildman–Crippen LogP) is 6.12. The maximum Gasteiger partial charge on any atom is 0.266 e. The molecular weight excluding hydrogens is 448 g/mol. The Morgan fingerprint density at radius 1 is 0.909 bits per heavy atom. The lowest BCUT2D eigenvalue weighted by atomic mass is 10.1. The first-order chi connectivity index (χ1) is 16.2. The second-order valence-corrected chi connectivity index (χ2v) is 9.39. The molecule has 4 nitrogen and oxygen atoms in total. The van der Waals surface area contributed by atoms with Crippen molar-refractivity contribution in [2.75, 3.05) is 6.61 Å². The minimum atomic E-state index is -0.0434. The van der Waals surface area contributed by atoms with Crippen LogP contribution >= 0.6 is 24.0 Å². The number of nitrogens with zero attached hydrogens (tertiary/aromatic N) is 2. The number of thioether (sulfide) groups is 1. The van der Waals surface area contributed by atoms with Gasteiger partial charge in [0.2, 0.25) is 0 Å². The van der Waals surface area contributed by atoms with Gasteiger partial charge in [-0.25, -0.2) is 0 Å². The van der Waals surface area contributed by atoms with Crippen molar-refractivity contribution in [1.29, 1.82) is 0 Å². The quantitative estimate of drug-likeness (QED) is 0.241. The number of hydrogen-bond acceptors (Lipinski definition) is 4. The van der Waals surface area contributed by atoms with Gasteiger partial charge in [-0.15, -0.1) is 0 Å². The van der Waals surface area contributed by atoms with Gasteiger partial charge in [0, 0.05) is 22.7 Å². The van der Waals surface area contributed by atoms with Crippen molar-refractivity contribution in [3.05, 3.63) is 107 Å². The topological polar surface area (TPSA) is 34.5 Å². The Morgan fingerprint density at radius 3 is 2.39 bits per heavy atom. The van der Waals surface area contributed by atoms with Crippen molar-refractivity contribution >= 4 is 51.2 Å². The summed E-state index contributed by atoms with van der Waals surface area (Å²) in [6.45, 7) is 1.75. The van der Waals surface area contributed by atoms with Crippen LogP contribution in [0.5, 0.6) is 5.75 Å². The zero-order valence-corrected chi connectivity index (χ0v) is 19.5. The van der Waals surface area contributed by atoms with E-state index < -0.39 is 0 Å². The van der Waals surface area contributed by atoms with Gasteiger partial charge in [0.1, 0.15) is 16.7 Å². The average molecular weight is 471 g/mol. The molecule has 0 saturated carbocycles. The largest absolute Gasteiger partial charge is 0.492 e. The van der Waals surface area contributed by atoms with Crippen LogP contribution in [0.1, 0.15) is 11.1 Å². The van der Waals surface area contributed by atoms with E-state index in [4.69, 9.17) is 17.0 Å². The summed E-state index contributed by atoms with van der Waals surface area (Å²) in [5.41, 5.74) is 3.18. The third-order valence-electron chi connectivity index (χ3n) is 5.51. The Hall–Kier alpha value is -3.35. The lowest BCUT2D eigenvalue weighted by molar-refractivity contribution is -0.122. The molecule has 1 amide bonds. The van der Waals surface area contributed by atoms with Gasteiger partial charge in [0.25, 0.3) is 5.91 Å². The molecule has 0 radical (unpaired) electrons. The van der Waals surface area contributed by atoms with Gasteiger partial charge in [-0.05, 0) is 29.8 Å². The van der Waals surface area contributed by atoms with E-state index in [1.165, 1.54) is 11.8 Å². The van der Waals surface area contributed by atoms with E-state index in [2.05, 4.69) is 22.9 Å². The molecular formula is C27H22N2O2S2. The van der Waals surface area contributed by atoms with E-state index in [0.29, 0.717) is 28.9 Å². The average Bonchev–Trinajstić information content (AvgIpc) is 3.33. The zero-order chi connectivity index (χ0) is 22.6. The number of aromatic nitrogens is 1.